The van der Waals surface area contributed by atoms with Gasteiger partial charge in [-0.1, -0.05) is 20.8 Å². The molecule has 4 fully saturated rings. The molecule has 2 N–H and O–H groups in total. The van der Waals surface area contributed by atoms with Gasteiger partial charge in [0.2, 0.25) is 0 Å². The van der Waals surface area contributed by atoms with Crippen molar-refractivity contribution >= 4 is 0 Å². The van der Waals surface area contributed by atoms with Crippen molar-refractivity contribution in [3.05, 3.63) is 0 Å². The van der Waals surface area contributed by atoms with Gasteiger partial charge in [0.25, 0.3) is 0 Å². The molecule has 4 aliphatic carbocycles. The van der Waals surface area contributed by atoms with Crippen LogP contribution < -0.4 is 0 Å². The molecule has 0 spiro atoms. The zero-order valence-corrected chi connectivity index (χ0v) is 14.6. The Bertz CT molecular complexity index is 449. The lowest BCUT2D eigenvalue weighted by Crippen LogP contribution is -2.58. The number of rotatable bonds is 0. The molecule has 0 amide bonds. The van der Waals surface area contributed by atoms with Crippen LogP contribution >= 0.6 is 0 Å². The maximum Gasteiger partial charge on any atom is 0.0602 e. The minimum absolute atomic E-state index is 0.0695. The predicted molar refractivity (Wildman–Crippen MR) is 88.3 cm³/mol. The summed E-state index contributed by atoms with van der Waals surface area (Å²) < 4.78 is 0. The maximum atomic E-state index is 11.1. The summed E-state index contributed by atoms with van der Waals surface area (Å²) in [5.74, 6) is 3.62. The lowest BCUT2D eigenvalue weighted by atomic mass is 9.44. The van der Waals surface area contributed by atoms with Crippen LogP contribution in [0.5, 0.6) is 0 Å². The van der Waals surface area contributed by atoms with Gasteiger partial charge in [-0.05, 0) is 91.8 Å². The number of hydrogen-bond acceptors (Lipinski definition) is 2. The Kier molecular flexibility index (Phi) is 3.48. The molecule has 9 atom stereocenters. The van der Waals surface area contributed by atoms with Crippen LogP contribution in [0.15, 0.2) is 0 Å². The van der Waals surface area contributed by atoms with Crippen molar-refractivity contribution in [2.45, 2.75) is 84.3 Å². The summed E-state index contributed by atoms with van der Waals surface area (Å²) in [6.45, 7) is 7.25. The Balaban J connectivity index is 1.66. The van der Waals surface area contributed by atoms with E-state index in [1.165, 1.54) is 32.1 Å². The molecule has 126 valence electrons. The van der Waals surface area contributed by atoms with Crippen molar-refractivity contribution in [3.8, 4) is 0 Å². The SMILES string of the molecule is C[C@H]1CC[C@H]2[C@@H]3CC[C@@H]4C[C@H](O)CC[C@]4(C)[C@H]3C[C@H](O)[C@]12C. The average Bonchev–Trinajstić information content (AvgIpc) is 2.79. The van der Waals surface area contributed by atoms with Crippen molar-refractivity contribution in [1.82, 2.24) is 0 Å². The Hall–Kier alpha value is -0.0800. The summed E-state index contributed by atoms with van der Waals surface area (Å²) in [7, 11) is 0. The third-order valence-corrected chi connectivity index (χ3v) is 9.20. The third-order valence-electron chi connectivity index (χ3n) is 9.20. The van der Waals surface area contributed by atoms with E-state index in [-0.39, 0.29) is 17.6 Å². The first kappa shape index (κ1) is 15.4. The standard InChI is InChI=1S/C20H34O2/c1-12-4-7-16-15-6-5-13-10-14(21)8-9-19(13,2)17(15)11-18(22)20(12,16)3/h12-18,21-22H,4-11H2,1-3H3/t12-,13+,14+,15-,16-,17-,18-,19-,20+/m0/s1. The van der Waals surface area contributed by atoms with Gasteiger partial charge < -0.3 is 10.2 Å². The Morgan fingerprint density at radius 3 is 2.41 bits per heavy atom. The summed E-state index contributed by atoms with van der Waals surface area (Å²) in [4.78, 5) is 0. The topological polar surface area (TPSA) is 40.5 Å². The van der Waals surface area contributed by atoms with Crippen LogP contribution in [0.25, 0.3) is 0 Å². The van der Waals surface area contributed by atoms with Crippen LogP contribution in [-0.4, -0.2) is 22.4 Å². The highest BCUT2D eigenvalue weighted by molar-refractivity contribution is 5.11. The fourth-order valence-corrected chi connectivity index (χ4v) is 7.50. The lowest BCUT2D eigenvalue weighted by Gasteiger charge is -2.62. The molecule has 0 bridgehead atoms. The van der Waals surface area contributed by atoms with E-state index in [1.807, 2.05) is 0 Å². The van der Waals surface area contributed by atoms with Crippen LogP contribution in [-0.2, 0) is 0 Å². The van der Waals surface area contributed by atoms with E-state index in [2.05, 4.69) is 20.8 Å². The van der Waals surface area contributed by atoms with Crippen molar-refractivity contribution in [1.29, 1.82) is 0 Å². The first-order valence-electron chi connectivity index (χ1n) is 9.73. The molecule has 0 aromatic heterocycles. The van der Waals surface area contributed by atoms with Crippen LogP contribution in [0.2, 0.25) is 0 Å². The van der Waals surface area contributed by atoms with Crippen LogP contribution in [0.4, 0.5) is 0 Å². The van der Waals surface area contributed by atoms with Crippen molar-refractivity contribution in [3.63, 3.8) is 0 Å². The largest absolute Gasteiger partial charge is 0.393 e. The molecule has 4 aliphatic rings. The number of fused-ring (bicyclic) bond motifs is 5. The van der Waals surface area contributed by atoms with Gasteiger partial charge >= 0.3 is 0 Å². The third kappa shape index (κ3) is 1.86. The Labute approximate surface area is 135 Å². The van der Waals surface area contributed by atoms with Crippen molar-refractivity contribution in [2.75, 3.05) is 0 Å². The molecule has 4 saturated carbocycles. The van der Waals surface area contributed by atoms with E-state index in [0.717, 1.165) is 31.1 Å². The van der Waals surface area contributed by atoms with Gasteiger partial charge in [-0.3, -0.25) is 0 Å². The molecule has 2 nitrogen and oxygen atoms in total. The zero-order chi connectivity index (χ0) is 15.7. The molecule has 0 heterocycles. The monoisotopic (exact) mass is 306 g/mol. The molecule has 2 heteroatoms. The first-order valence-corrected chi connectivity index (χ1v) is 9.73. The van der Waals surface area contributed by atoms with Gasteiger partial charge in [0.05, 0.1) is 12.2 Å². The molecular formula is C20H34O2. The molecule has 0 unspecified atom stereocenters. The highest BCUT2D eigenvalue weighted by atomic mass is 16.3. The van der Waals surface area contributed by atoms with E-state index in [0.29, 0.717) is 23.2 Å². The minimum atomic E-state index is -0.112. The summed E-state index contributed by atoms with van der Waals surface area (Å²) in [5, 5.41) is 21.1. The van der Waals surface area contributed by atoms with Crippen LogP contribution in [0.1, 0.15) is 72.1 Å². The molecule has 0 saturated heterocycles. The second-order valence-electron chi connectivity index (χ2n) is 9.68. The average molecular weight is 306 g/mol. The lowest BCUT2D eigenvalue weighted by molar-refractivity contribution is -0.169. The summed E-state index contributed by atoms with van der Waals surface area (Å²) in [6.07, 6.45) is 9.29. The smallest absolute Gasteiger partial charge is 0.0602 e. The molecule has 0 aromatic carbocycles. The molecule has 0 radical (unpaired) electrons. The van der Waals surface area contributed by atoms with Crippen LogP contribution in [0, 0.1) is 40.4 Å². The normalized spacial score (nSPS) is 61.2. The maximum absolute atomic E-state index is 11.1. The van der Waals surface area contributed by atoms with Crippen LogP contribution in [0.3, 0.4) is 0 Å². The van der Waals surface area contributed by atoms with Gasteiger partial charge in [-0.2, -0.15) is 0 Å². The number of aliphatic hydroxyl groups is 2. The van der Waals surface area contributed by atoms with Crippen molar-refractivity contribution < 1.29 is 10.2 Å². The highest BCUT2D eigenvalue weighted by Gasteiger charge is 2.62. The second-order valence-corrected chi connectivity index (χ2v) is 9.68. The fourth-order valence-electron chi connectivity index (χ4n) is 7.50. The van der Waals surface area contributed by atoms with E-state index in [4.69, 9.17) is 0 Å². The van der Waals surface area contributed by atoms with Gasteiger partial charge in [-0.25, -0.2) is 0 Å². The Morgan fingerprint density at radius 2 is 1.64 bits per heavy atom. The molecule has 22 heavy (non-hydrogen) atoms. The van der Waals surface area contributed by atoms with Gasteiger partial charge in [-0.15, -0.1) is 0 Å². The molecule has 0 aromatic rings. The minimum Gasteiger partial charge on any atom is -0.393 e. The molecule has 0 aliphatic heterocycles. The molecule has 4 rings (SSSR count). The fraction of sp³-hybridized carbons (Fsp3) is 1.00. The Morgan fingerprint density at radius 1 is 0.864 bits per heavy atom. The van der Waals surface area contributed by atoms with Crippen molar-refractivity contribution in [2.24, 2.45) is 40.4 Å². The molecular weight excluding hydrogens is 272 g/mol. The quantitative estimate of drug-likeness (QED) is 0.710. The summed E-state index contributed by atoms with van der Waals surface area (Å²) in [6, 6.07) is 0. The van der Waals surface area contributed by atoms with E-state index < -0.39 is 0 Å². The van der Waals surface area contributed by atoms with E-state index >= 15 is 0 Å². The number of aliphatic hydroxyl groups excluding tert-OH is 2. The zero-order valence-electron chi connectivity index (χ0n) is 14.6. The van der Waals surface area contributed by atoms with Gasteiger partial charge in [0.1, 0.15) is 0 Å². The summed E-state index contributed by atoms with van der Waals surface area (Å²) >= 11 is 0. The summed E-state index contributed by atoms with van der Waals surface area (Å²) in [5.41, 5.74) is 0.537. The van der Waals surface area contributed by atoms with Gasteiger partial charge in [0, 0.05) is 0 Å². The second kappa shape index (κ2) is 4.96. The predicted octanol–water partition coefficient (Wildman–Crippen LogP) is 4.00. The van der Waals surface area contributed by atoms with E-state index in [9.17, 15) is 10.2 Å². The highest BCUT2D eigenvalue weighted by Crippen LogP contribution is 2.67. The number of hydrogen-bond donors (Lipinski definition) is 2. The van der Waals surface area contributed by atoms with E-state index in [1.54, 1.807) is 0 Å². The first-order chi connectivity index (χ1) is 10.4. The van der Waals surface area contributed by atoms with Gasteiger partial charge in [0.15, 0.2) is 0 Å².